The fraction of sp³-hybridized carbons (Fsp3) is 0.333. The van der Waals surface area contributed by atoms with E-state index in [9.17, 15) is 9.59 Å². The van der Waals surface area contributed by atoms with Crippen LogP contribution >= 0.6 is 11.6 Å². The molecule has 1 fully saturated rings. The molecule has 0 spiro atoms. The van der Waals surface area contributed by atoms with E-state index in [1.165, 1.54) is 0 Å². The number of aliphatic carboxylic acids is 1. The van der Waals surface area contributed by atoms with Crippen LogP contribution in [0.2, 0.25) is 5.02 Å². The van der Waals surface area contributed by atoms with Gasteiger partial charge in [0, 0.05) is 18.2 Å². The molecule has 2 aromatic rings. The maximum atomic E-state index is 12.7. The first-order chi connectivity index (χ1) is 11.5. The van der Waals surface area contributed by atoms with E-state index in [-0.39, 0.29) is 24.3 Å². The van der Waals surface area contributed by atoms with Crippen molar-refractivity contribution in [1.82, 2.24) is 4.90 Å². The van der Waals surface area contributed by atoms with Gasteiger partial charge in [0.25, 0.3) is 5.91 Å². The van der Waals surface area contributed by atoms with Crippen LogP contribution in [0.15, 0.2) is 40.8 Å². The van der Waals surface area contributed by atoms with Crippen LogP contribution in [0.25, 0.3) is 11.3 Å². The normalized spacial score (nSPS) is 15.1. The van der Waals surface area contributed by atoms with Crippen molar-refractivity contribution < 1.29 is 19.1 Å². The topological polar surface area (TPSA) is 70.8 Å². The number of carboxylic acid groups (broad SMARTS) is 1. The minimum absolute atomic E-state index is 0.105. The predicted molar refractivity (Wildman–Crippen MR) is 90.0 cm³/mol. The monoisotopic (exact) mass is 347 g/mol. The van der Waals surface area contributed by atoms with Crippen molar-refractivity contribution in [3.05, 3.63) is 47.2 Å². The molecule has 1 aromatic heterocycles. The van der Waals surface area contributed by atoms with Gasteiger partial charge < -0.3 is 14.4 Å². The van der Waals surface area contributed by atoms with E-state index >= 15 is 0 Å². The van der Waals surface area contributed by atoms with Gasteiger partial charge in [0.05, 0.1) is 10.9 Å². The van der Waals surface area contributed by atoms with Gasteiger partial charge in [0.15, 0.2) is 5.76 Å². The highest BCUT2D eigenvalue weighted by Gasteiger charge is 2.36. The van der Waals surface area contributed by atoms with Gasteiger partial charge in [-0.2, -0.15) is 0 Å². The average Bonchev–Trinajstić information content (AvgIpc) is 3.28. The van der Waals surface area contributed by atoms with Crippen molar-refractivity contribution in [2.45, 2.75) is 25.8 Å². The fourth-order valence-corrected chi connectivity index (χ4v) is 2.79. The third-order valence-electron chi connectivity index (χ3n) is 4.10. The molecule has 24 heavy (non-hydrogen) atoms. The number of amides is 1. The highest BCUT2D eigenvalue weighted by Crippen LogP contribution is 2.32. The molecule has 1 saturated carbocycles. The summed E-state index contributed by atoms with van der Waals surface area (Å²) in [6.07, 6.45) is 1.80. The first-order valence-electron chi connectivity index (χ1n) is 7.86. The third-order valence-corrected chi connectivity index (χ3v) is 4.43. The van der Waals surface area contributed by atoms with Crippen LogP contribution in [0.4, 0.5) is 0 Å². The highest BCUT2D eigenvalue weighted by molar-refractivity contribution is 6.33. The molecule has 1 aliphatic rings. The summed E-state index contributed by atoms with van der Waals surface area (Å²) >= 11 is 6.15. The number of rotatable bonds is 6. The molecular weight excluding hydrogens is 330 g/mol. The molecule has 5 nitrogen and oxygen atoms in total. The summed E-state index contributed by atoms with van der Waals surface area (Å²) in [5.74, 6) is -1.08. The lowest BCUT2D eigenvalue weighted by Crippen LogP contribution is -2.38. The predicted octanol–water partition coefficient (Wildman–Crippen LogP) is 3.93. The van der Waals surface area contributed by atoms with Gasteiger partial charge in [0.2, 0.25) is 0 Å². The van der Waals surface area contributed by atoms with Crippen molar-refractivity contribution in [2.75, 3.05) is 6.54 Å². The van der Waals surface area contributed by atoms with Crippen molar-refractivity contribution in [2.24, 2.45) is 5.92 Å². The van der Waals surface area contributed by atoms with Crippen LogP contribution in [0.3, 0.4) is 0 Å². The molecule has 1 atom stereocenters. The Morgan fingerprint density at radius 2 is 2.00 bits per heavy atom. The minimum atomic E-state index is -0.912. The summed E-state index contributed by atoms with van der Waals surface area (Å²) < 4.78 is 5.69. The number of nitrogens with zero attached hydrogens (tertiary/aromatic N) is 1. The quantitative estimate of drug-likeness (QED) is 0.859. The van der Waals surface area contributed by atoms with E-state index in [1.807, 2.05) is 18.2 Å². The summed E-state index contributed by atoms with van der Waals surface area (Å²) in [6.45, 7) is 1.78. The molecule has 1 aromatic carbocycles. The molecule has 1 amide bonds. The molecule has 0 saturated heterocycles. The van der Waals surface area contributed by atoms with E-state index in [2.05, 4.69) is 0 Å². The van der Waals surface area contributed by atoms with E-state index in [0.29, 0.717) is 10.8 Å². The summed E-state index contributed by atoms with van der Waals surface area (Å²) in [6, 6.07) is 10.7. The third kappa shape index (κ3) is 3.46. The van der Waals surface area contributed by atoms with Crippen molar-refractivity contribution in [1.29, 1.82) is 0 Å². The van der Waals surface area contributed by atoms with Gasteiger partial charge in [0.1, 0.15) is 5.76 Å². The number of carboxylic acids is 1. The van der Waals surface area contributed by atoms with Crippen LogP contribution in [0.1, 0.15) is 30.3 Å². The van der Waals surface area contributed by atoms with Crippen molar-refractivity contribution >= 4 is 23.5 Å². The zero-order valence-corrected chi connectivity index (χ0v) is 14.0. The number of furan rings is 1. The Kier molecular flexibility index (Phi) is 4.62. The number of halogens is 1. The SMILES string of the molecule is CC(CN(C(=O)c1ccc(-c2ccccc2Cl)o1)C1CC1)C(=O)O. The lowest BCUT2D eigenvalue weighted by Gasteiger charge is -2.23. The average molecular weight is 348 g/mol. The van der Waals surface area contributed by atoms with Crippen LogP contribution in [0, 0.1) is 5.92 Å². The second kappa shape index (κ2) is 6.69. The van der Waals surface area contributed by atoms with Gasteiger partial charge in [-0.3, -0.25) is 9.59 Å². The summed E-state index contributed by atoms with van der Waals surface area (Å²) in [7, 11) is 0. The minimum Gasteiger partial charge on any atom is -0.481 e. The van der Waals surface area contributed by atoms with Gasteiger partial charge in [-0.05, 0) is 37.1 Å². The second-order valence-electron chi connectivity index (χ2n) is 6.07. The zero-order valence-electron chi connectivity index (χ0n) is 13.2. The zero-order chi connectivity index (χ0) is 17.3. The second-order valence-corrected chi connectivity index (χ2v) is 6.48. The Hall–Kier alpha value is -2.27. The highest BCUT2D eigenvalue weighted by atomic mass is 35.5. The number of carbonyl (C=O) groups excluding carboxylic acids is 1. The van der Waals surface area contributed by atoms with E-state index in [1.54, 1.807) is 30.0 Å². The van der Waals surface area contributed by atoms with Crippen LogP contribution in [0.5, 0.6) is 0 Å². The molecule has 1 unspecified atom stereocenters. The molecule has 6 heteroatoms. The van der Waals surface area contributed by atoms with E-state index in [0.717, 1.165) is 18.4 Å². The van der Waals surface area contributed by atoms with Gasteiger partial charge in [-0.15, -0.1) is 0 Å². The standard InChI is InChI=1S/C18H18ClNO4/c1-11(18(22)23)10-20(12-6-7-12)17(21)16-9-8-15(24-16)13-4-2-3-5-14(13)19/h2-5,8-9,11-12H,6-7,10H2,1H3,(H,22,23). The lowest BCUT2D eigenvalue weighted by molar-refractivity contribution is -0.141. The maximum Gasteiger partial charge on any atom is 0.308 e. The number of hydrogen-bond acceptors (Lipinski definition) is 3. The molecule has 3 rings (SSSR count). The van der Waals surface area contributed by atoms with E-state index in [4.69, 9.17) is 21.1 Å². The van der Waals surface area contributed by atoms with E-state index < -0.39 is 11.9 Å². The fourth-order valence-electron chi connectivity index (χ4n) is 2.56. The van der Waals surface area contributed by atoms with Crippen LogP contribution in [-0.2, 0) is 4.79 Å². The van der Waals surface area contributed by atoms with Crippen LogP contribution < -0.4 is 0 Å². The van der Waals surface area contributed by atoms with Crippen molar-refractivity contribution in [3.8, 4) is 11.3 Å². The molecule has 1 N–H and O–H groups in total. The Morgan fingerprint density at radius 3 is 2.62 bits per heavy atom. The molecule has 0 aliphatic heterocycles. The van der Waals surface area contributed by atoms with Crippen LogP contribution in [-0.4, -0.2) is 34.5 Å². The summed E-state index contributed by atoms with van der Waals surface area (Å²) in [5, 5.41) is 9.64. The van der Waals surface area contributed by atoms with Gasteiger partial charge in [-0.1, -0.05) is 30.7 Å². The van der Waals surface area contributed by atoms with Crippen molar-refractivity contribution in [3.63, 3.8) is 0 Å². The Balaban J connectivity index is 1.81. The largest absolute Gasteiger partial charge is 0.481 e. The molecular formula is C18H18ClNO4. The number of benzene rings is 1. The first-order valence-corrected chi connectivity index (χ1v) is 8.23. The Morgan fingerprint density at radius 1 is 1.29 bits per heavy atom. The first kappa shape index (κ1) is 16.6. The molecule has 126 valence electrons. The summed E-state index contributed by atoms with van der Waals surface area (Å²) in [5.41, 5.74) is 0.718. The molecule has 0 bridgehead atoms. The molecule has 1 heterocycles. The number of hydrogen-bond donors (Lipinski definition) is 1. The lowest BCUT2D eigenvalue weighted by atomic mass is 10.1. The maximum absolute atomic E-state index is 12.7. The van der Waals surface area contributed by atoms with Gasteiger partial charge >= 0.3 is 5.97 Å². The smallest absolute Gasteiger partial charge is 0.308 e. The summed E-state index contributed by atoms with van der Waals surface area (Å²) in [4.78, 5) is 25.4. The Bertz CT molecular complexity index is 766. The molecule has 0 radical (unpaired) electrons. The van der Waals surface area contributed by atoms with Gasteiger partial charge in [-0.25, -0.2) is 0 Å². The molecule has 1 aliphatic carbocycles. The number of carbonyl (C=O) groups is 2. The Labute approximate surface area is 144 Å².